The summed E-state index contributed by atoms with van der Waals surface area (Å²) < 4.78 is 11.4. The highest BCUT2D eigenvalue weighted by atomic mass is 127. The first-order chi connectivity index (χ1) is 11.2. The number of nitrogens with zero attached hydrogens (tertiary/aromatic N) is 1. The number of hydrogen-bond acceptors (Lipinski definition) is 3. The molecule has 24 heavy (non-hydrogen) atoms. The maximum absolute atomic E-state index is 5.80. The van der Waals surface area contributed by atoms with Gasteiger partial charge in [0.2, 0.25) is 0 Å². The Morgan fingerprint density at radius 1 is 1.33 bits per heavy atom. The lowest BCUT2D eigenvalue weighted by Crippen LogP contribution is -2.41. The predicted molar refractivity (Wildman–Crippen MR) is 109 cm³/mol. The predicted octanol–water partition coefficient (Wildman–Crippen LogP) is 3.12. The lowest BCUT2D eigenvalue weighted by molar-refractivity contribution is 0.0283. The quantitative estimate of drug-likeness (QED) is 0.383. The molecule has 0 aliphatic carbocycles. The Morgan fingerprint density at radius 2 is 2.08 bits per heavy atom. The molecule has 2 unspecified atom stereocenters. The van der Waals surface area contributed by atoms with E-state index in [0.29, 0.717) is 13.1 Å². The van der Waals surface area contributed by atoms with Crippen LogP contribution in [0.25, 0.3) is 0 Å². The van der Waals surface area contributed by atoms with E-state index in [1.54, 1.807) is 7.11 Å². The highest BCUT2D eigenvalue weighted by Gasteiger charge is 2.29. The molecule has 2 atom stereocenters. The van der Waals surface area contributed by atoms with E-state index in [4.69, 9.17) is 9.47 Å². The van der Waals surface area contributed by atoms with Crippen LogP contribution in [0.5, 0.6) is 0 Å². The standard InChI is InChI=1S/C18H29N3O2.HI/c1-4-19-17(21-14-18(2)11-8-12-23-18)20-13-16(22-3)15-9-6-5-7-10-15;/h5-7,9-10,16H,4,8,11-14H2,1-3H3,(H2,19,20,21);1H. The van der Waals surface area contributed by atoms with Gasteiger partial charge >= 0.3 is 0 Å². The van der Waals surface area contributed by atoms with Crippen LogP contribution in [-0.4, -0.2) is 44.9 Å². The number of ether oxygens (including phenoxy) is 2. The third kappa shape index (κ3) is 6.57. The zero-order chi connectivity index (χ0) is 16.5. The lowest BCUT2D eigenvalue weighted by atomic mass is 10.0. The average Bonchev–Trinajstić information content (AvgIpc) is 3.01. The third-order valence-corrected chi connectivity index (χ3v) is 4.13. The van der Waals surface area contributed by atoms with Crippen molar-refractivity contribution in [2.24, 2.45) is 4.99 Å². The summed E-state index contributed by atoms with van der Waals surface area (Å²) in [6.07, 6.45) is 2.19. The summed E-state index contributed by atoms with van der Waals surface area (Å²) in [4.78, 5) is 4.68. The molecule has 1 aromatic carbocycles. The summed E-state index contributed by atoms with van der Waals surface area (Å²) in [6.45, 7) is 7.21. The molecule has 1 saturated heterocycles. The monoisotopic (exact) mass is 447 g/mol. The first-order valence-electron chi connectivity index (χ1n) is 8.41. The minimum Gasteiger partial charge on any atom is -0.375 e. The van der Waals surface area contributed by atoms with E-state index in [9.17, 15) is 0 Å². The third-order valence-electron chi connectivity index (χ3n) is 4.13. The number of rotatable bonds is 7. The normalized spacial score (nSPS) is 21.9. The minimum atomic E-state index is -0.123. The highest BCUT2D eigenvalue weighted by molar-refractivity contribution is 14.0. The van der Waals surface area contributed by atoms with Crippen LogP contribution in [0, 0.1) is 0 Å². The summed E-state index contributed by atoms with van der Waals surface area (Å²) in [5, 5.41) is 6.65. The Bertz CT molecular complexity index is 490. The molecule has 0 amide bonds. The van der Waals surface area contributed by atoms with Crippen molar-refractivity contribution in [2.45, 2.75) is 38.4 Å². The van der Waals surface area contributed by atoms with Crippen LogP contribution in [0.3, 0.4) is 0 Å². The Kier molecular flexibility index (Phi) is 9.61. The van der Waals surface area contributed by atoms with Gasteiger partial charge in [0.1, 0.15) is 0 Å². The molecule has 2 rings (SSSR count). The number of hydrogen-bond donors (Lipinski definition) is 2. The van der Waals surface area contributed by atoms with Crippen molar-refractivity contribution in [3.8, 4) is 0 Å². The maximum Gasteiger partial charge on any atom is 0.191 e. The van der Waals surface area contributed by atoms with E-state index in [1.807, 2.05) is 18.2 Å². The Balaban J connectivity index is 0.00000288. The number of aliphatic imine (C=N–C) groups is 1. The fraction of sp³-hybridized carbons (Fsp3) is 0.611. The Labute approximate surface area is 162 Å². The van der Waals surface area contributed by atoms with E-state index in [-0.39, 0.29) is 35.7 Å². The van der Waals surface area contributed by atoms with Crippen LogP contribution in [0.1, 0.15) is 38.4 Å². The molecular weight excluding hydrogens is 417 g/mol. The second kappa shape index (κ2) is 10.9. The van der Waals surface area contributed by atoms with Gasteiger partial charge in [-0.15, -0.1) is 24.0 Å². The molecule has 1 heterocycles. The molecule has 5 nitrogen and oxygen atoms in total. The second-order valence-electron chi connectivity index (χ2n) is 6.11. The van der Waals surface area contributed by atoms with E-state index in [0.717, 1.165) is 37.5 Å². The summed E-state index contributed by atoms with van der Waals surface area (Å²) in [5.74, 6) is 0.808. The van der Waals surface area contributed by atoms with Crippen LogP contribution in [0.2, 0.25) is 0 Å². The first-order valence-corrected chi connectivity index (χ1v) is 8.41. The molecule has 6 heteroatoms. The van der Waals surface area contributed by atoms with Crippen molar-refractivity contribution in [1.82, 2.24) is 10.6 Å². The molecule has 1 fully saturated rings. The van der Waals surface area contributed by atoms with Crippen molar-refractivity contribution < 1.29 is 9.47 Å². The Hall–Kier alpha value is -0.860. The molecule has 2 N–H and O–H groups in total. The first kappa shape index (κ1) is 21.2. The Morgan fingerprint density at radius 3 is 2.67 bits per heavy atom. The topological polar surface area (TPSA) is 54.9 Å². The van der Waals surface area contributed by atoms with Gasteiger partial charge in [-0.1, -0.05) is 30.3 Å². The highest BCUT2D eigenvalue weighted by Crippen LogP contribution is 2.25. The molecule has 1 aliphatic heterocycles. The van der Waals surface area contributed by atoms with Gasteiger partial charge in [-0.2, -0.15) is 0 Å². The molecule has 1 aromatic rings. The van der Waals surface area contributed by atoms with Gasteiger partial charge in [0.05, 0.1) is 18.2 Å². The van der Waals surface area contributed by atoms with Gasteiger partial charge in [0.25, 0.3) is 0 Å². The molecule has 0 saturated carbocycles. The van der Waals surface area contributed by atoms with Gasteiger partial charge in [-0.3, -0.25) is 4.99 Å². The maximum atomic E-state index is 5.80. The number of halogens is 1. The van der Waals surface area contributed by atoms with E-state index in [1.165, 1.54) is 0 Å². The van der Waals surface area contributed by atoms with Crippen LogP contribution < -0.4 is 10.6 Å². The SMILES string of the molecule is CCNC(=NCC1(C)CCCO1)NCC(OC)c1ccccc1.I. The van der Waals surface area contributed by atoms with Crippen LogP contribution in [-0.2, 0) is 9.47 Å². The van der Waals surface area contributed by atoms with Gasteiger partial charge in [0.15, 0.2) is 5.96 Å². The van der Waals surface area contributed by atoms with Crippen LogP contribution in [0.4, 0.5) is 0 Å². The lowest BCUT2D eigenvalue weighted by Gasteiger charge is -2.22. The zero-order valence-corrected chi connectivity index (χ0v) is 17.2. The van der Waals surface area contributed by atoms with Crippen molar-refractivity contribution in [2.75, 3.05) is 33.4 Å². The number of nitrogens with one attached hydrogen (secondary N) is 2. The molecule has 1 aliphatic rings. The van der Waals surface area contributed by atoms with E-state index < -0.39 is 0 Å². The summed E-state index contributed by atoms with van der Waals surface area (Å²) >= 11 is 0. The fourth-order valence-corrected chi connectivity index (χ4v) is 2.74. The molecule has 0 radical (unpaired) electrons. The minimum absolute atomic E-state index is 0. The fourth-order valence-electron chi connectivity index (χ4n) is 2.74. The van der Waals surface area contributed by atoms with E-state index >= 15 is 0 Å². The molecule has 136 valence electrons. The number of benzene rings is 1. The van der Waals surface area contributed by atoms with Crippen molar-refractivity contribution in [3.05, 3.63) is 35.9 Å². The van der Waals surface area contributed by atoms with Crippen molar-refractivity contribution in [3.63, 3.8) is 0 Å². The largest absolute Gasteiger partial charge is 0.375 e. The van der Waals surface area contributed by atoms with Gasteiger partial charge < -0.3 is 20.1 Å². The van der Waals surface area contributed by atoms with Gasteiger partial charge in [-0.25, -0.2) is 0 Å². The summed E-state index contributed by atoms with van der Waals surface area (Å²) in [5.41, 5.74) is 1.03. The van der Waals surface area contributed by atoms with Crippen LogP contribution >= 0.6 is 24.0 Å². The zero-order valence-electron chi connectivity index (χ0n) is 14.9. The van der Waals surface area contributed by atoms with Crippen LogP contribution in [0.15, 0.2) is 35.3 Å². The smallest absolute Gasteiger partial charge is 0.191 e. The van der Waals surface area contributed by atoms with Gasteiger partial charge in [-0.05, 0) is 32.3 Å². The number of guanidine groups is 1. The molecule has 0 spiro atoms. The number of methoxy groups -OCH3 is 1. The second-order valence-corrected chi connectivity index (χ2v) is 6.11. The van der Waals surface area contributed by atoms with E-state index in [2.05, 4.69) is 41.6 Å². The molecule has 0 bridgehead atoms. The molecule has 0 aromatic heterocycles. The van der Waals surface area contributed by atoms with Crippen molar-refractivity contribution >= 4 is 29.9 Å². The van der Waals surface area contributed by atoms with Crippen molar-refractivity contribution in [1.29, 1.82) is 0 Å². The summed E-state index contributed by atoms with van der Waals surface area (Å²) in [7, 11) is 1.73. The summed E-state index contributed by atoms with van der Waals surface area (Å²) in [6, 6.07) is 10.2. The van der Waals surface area contributed by atoms with Gasteiger partial charge in [0, 0.05) is 26.8 Å². The molecular formula is C18H30IN3O2. The average molecular weight is 447 g/mol.